The Morgan fingerprint density at radius 2 is 1.59 bits per heavy atom. The number of hydrogen-bond acceptors (Lipinski definition) is 4. The van der Waals surface area contributed by atoms with Gasteiger partial charge in [-0.3, -0.25) is 0 Å². The van der Waals surface area contributed by atoms with Gasteiger partial charge in [0.05, 0.1) is 39.1 Å². The summed E-state index contributed by atoms with van der Waals surface area (Å²) in [7, 11) is 0. The molecule has 17 heavy (non-hydrogen) atoms. The largest absolute Gasteiger partial charge is 0.394 e. The zero-order valence-electron chi connectivity index (χ0n) is 11.4. The van der Waals surface area contributed by atoms with Crippen LogP contribution in [0.25, 0.3) is 0 Å². The van der Waals surface area contributed by atoms with Crippen molar-refractivity contribution in [3.05, 3.63) is 0 Å². The highest BCUT2D eigenvalue weighted by molar-refractivity contribution is 4.70. The van der Waals surface area contributed by atoms with Crippen LogP contribution in [-0.4, -0.2) is 49.4 Å². The summed E-state index contributed by atoms with van der Waals surface area (Å²) < 4.78 is 10.3. The van der Waals surface area contributed by atoms with Crippen molar-refractivity contribution in [2.45, 2.75) is 46.1 Å². The monoisotopic (exact) mass is 248 g/mol. The Hall–Kier alpha value is -0.160. The highest BCUT2D eigenvalue weighted by Gasteiger charge is 2.20. The molecular formula is C13H28O4. The highest BCUT2D eigenvalue weighted by atomic mass is 16.5. The van der Waals surface area contributed by atoms with E-state index < -0.39 is 0 Å². The second-order valence-corrected chi connectivity index (χ2v) is 5.48. The first-order valence-corrected chi connectivity index (χ1v) is 6.40. The normalized spacial score (nSPS) is 16.1. The third-order valence-corrected chi connectivity index (χ3v) is 2.28. The van der Waals surface area contributed by atoms with Crippen LogP contribution >= 0.6 is 0 Å². The number of aliphatic hydroxyl groups excluding tert-OH is 2. The van der Waals surface area contributed by atoms with Crippen molar-refractivity contribution >= 4 is 0 Å². The van der Waals surface area contributed by atoms with Crippen molar-refractivity contribution in [3.63, 3.8) is 0 Å². The molecule has 4 nitrogen and oxygen atoms in total. The molecule has 0 radical (unpaired) electrons. The molecule has 4 heteroatoms. The van der Waals surface area contributed by atoms with Crippen LogP contribution in [0.15, 0.2) is 0 Å². The summed E-state index contributed by atoms with van der Waals surface area (Å²) in [4.78, 5) is 0. The van der Waals surface area contributed by atoms with Gasteiger partial charge in [0.1, 0.15) is 0 Å². The maximum atomic E-state index is 8.09. The molecule has 104 valence electrons. The van der Waals surface area contributed by atoms with Crippen molar-refractivity contribution in [3.8, 4) is 0 Å². The quantitative estimate of drug-likeness (QED) is 0.701. The van der Waals surface area contributed by atoms with Gasteiger partial charge in [-0.25, -0.2) is 0 Å². The van der Waals surface area contributed by atoms with Crippen molar-refractivity contribution in [1.82, 2.24) is 0 Å². The number of hydrogen-bond donors (Lipinski definition) is 2. The van der Waals surface area contributed by atoms with Crippen molar-refractivity contribution in [2.24, 2.45) is 5.41 Å². The molecule has 1 rings (SSSR count). The fraction of sp³-hybridized carbons (Fsp3) is 1.00. The third-order valence-electron chi connectivity index (χ3n) is 2.28. The van der Waals surface area contributed by atoms with Crippen LogP contribution in [0, 0.1) is 5.41 Å². The Bertz CT molecular complexity index is 157. The van der Waals surface area contributed by atoms with Crippen LogP contribution in [0.5, 0.6) is 0 Å². The van der Waals surface area contributed by atoms with E-state index in [-0.39, 0.29) is 13.2 Å². The Balaban J connectivity index is 0.000000325. The molecule has 0 heterocycles. The maximum absolute atomic E-state index is 8.09. The lowest BCUT2D eigenvalue weighted by Crippen LogP contribution is -2.26. The third kappa shape index (κ3) is 12.1. The molecule has 0 saturated heterocycles. The van der Waals surface area contributed by atoms with Gasteiger partial charge in [-0.2, -0.15) is 0 Å². The van der Waals surface area contributed by atoms with Crippen LogP contribution in [0.3, 0.4) is 0 Å². The van der Waals surface area contributed by atoms with Gasteiger partial charge in [-0.15, -0.1) is 0 Å². The van der Waals surface area contributed by atoms with Crippen molar-refractivity contribution < 1.29 is 19.7 Å². The van der Waals surface area contributed by atoms with E-state index in [0.29, 0.717) is 24.7 Å². The van der Waals surface area contributed by atoms with Gasteiger partial charge in [0.2, 0.25) is 0 Å². The van der Waals surface area contributed by atoms with Crippen LogP contribution in [0.4, 0.5) is 0 Å². The minimum atomic E-state index is 0.0278. The molecule has 0 bridgehead atoms. The molecular weight excluding hydrogens is 220 g/mol. The van der Waals surface area contributed by atoms with E-state index >= 15 is 0 Å². The molecule has 0 aromatic heterocycles. The topological polar surface area (TPSA) is 58.9 Å². The van der Waals surface area contributed by atoms with E-state index in [1.54, 1.807) is 0 Å². The molecule has 1 aliphatic rings. The maximum Gasteiger partial charge on any atom is 0.0698 e. The van der Waals surface area contributed by atoms with E-state index in [1.807, 2.05) is 0 Å². The van der Waals surface area contributed by atoms with Crippen molar-refractivity contribution in [1.29, 1.82) is 0 Å². The van der Waals surface area contributed by atoms with Gasteiger partial charge in [0.15, 0.2) is 0 Å². The molecule has 0 spiro atoms. The van der Waals surface area contributed by atoms with E-state index in [0.717, 1.165) is 6.61 Å². The van der Waals surface area contributed by atoms with E-state index in [2.05, 4.69) is 25.5 Å². The van der Waals surface area contributed by atoms with Gasteiger partial charge < -0.3 is 19.7 Å². The van der Waals surface area contributed by atoms with E-state index in [1.165, 1.54) is 19.3 Å². The number of rotatable bonds is 6. The summed E-state index contributed by atoms with van der Waals surface area (Å²) in [5.41, 5.74) is 0.343. The predicted molar refractivity (Wildman–Crippen MR) is 68.0 cm³/mol. The average molecular weight is 248 g/mol. The predicted octanol–water partition coefficient (Wildman–Crippen LogP) is 1.59. The summed E-state index contributed by atoms with van der Waals surface area (Å²) >= 11 is 0. The second-order valence-electron chi connectivity index (χ2n) is 5.48. The first-order valence-electron chi connectivity index (χ1n) is 6.40. The second kappa shape index (κ2) is 9.83. The van der Waals surface area contributed by atoms with Crippen LogP contribution < -0.4 is 0 Å². The fourth-order valence-corrected chi connectivity index (χ4v) is 1.14. The molecule has 1 aliphatic carbocycles. The Morgan fingerprint density at radius 1 is 1.06 bits per heavy atom. The Morgan fingerprint density at radius 3 is 1.88 bits per heavy atom. The summed E-state index contributed by atoms with van der Waals surface area (Å²) in [5, 5.41) is 16.2. The molecule has 1 fully saturated rings. The van der Waals surface area contributed by atoms with E-state index in [4.69, 9.17) is 14.9 Å². The summed E-state index contributed by atoms with van der Waals surface area (Å²) in [6.07, 6.45) is 4.54. The Kier molecular flexibility index (Phi) is 9.74. The van der Waals surface area contributed by atoms with Gasteiger partial charge in [-0.05, 0) is 24.7 Å². The number of aliphatic hydroxyl groups is 2. The van der Waals surface area contributed by atoms with Crippen LogP contribution in [-0.2, 0) is 9.47 Å². The minimum absolute atomic E-state index is 0.0278. The zero-order valence-corrected chi connectivity index (χ0v) is 11.4. The van der Waals surface area contributed by atoms with Gasteiger partial charge >= 0.3 is 0 Å². The first-order chi connectivity index (χ1) is 7.99. The molecule has 0 atom stereocenters. The molecule has 0 aromatic carbocycles. The summed E-state index contributed by atoms with van der Waals surface area (Å²) in [5.74, 6) is 0. The van der Waals surface area contributed by atoms with Crippen LogP contribution in [0.1, 0.15) is 40.0 Å². The highest BCUT2D eigenvalue weighted by Crippen LogP contribution is 2.24. The minimum Gasteiger partial charge on any atom is -0.394 e. The zero-order chi connectivity index (χ0) is 13.1. The molecule has 0 aromatic rings. The molecule has 0 unspecified atom stereocenters. The lowest BCUT2D eigenvalue weighted by Gasteiger charge is -2.29. The summed E-state index contributed by atoms with van der Waals surface area (Å²) in [6.45, 7) is 8.25. The lowest BCUT2D eigenvalue weighted by atomic mass is 9.94. The molecule has 2 N–H and O–H groups in total. The summed E-state index contributed by atoms with van der Waals surface area (Å²) in [6, 6.07) is 0. The standard InChI is InChI=1S/C9H18O.C4H10O3/c1-9(2,3)7-10-8-5-4-6-8;5-1-3-7-4-2-6/h8H,4-7H2,1-3H3;5-6H,1-4H2. The molecule has 0 amide bonds. The smallest absolute Gasteiger partial charge is 0.0698 e. The van der Waals surface area contributed by atoms with Gasteiger partial charge in [0, 0.05) is 0 Å². The van der Waals surface area contributed by atoms with Gasteiger partial charge in [-0.1, -0.05) is 20.8 Å². The Labute approximate surface area is 105 Å². The first kappa shape index (κ1) is 16.8. The molecule has 0 aliphatic heterocycles. The number of ether oxygens (including phenoxy) is 2. The fourth-order valence-electron chi connectivity index (χ4n) is 1.14. The SMILES string of the molecule is CC(C)(C)COC1CCC1.OCCOCCO. The van der Waals surface area contributed by atoms with Gasteiger partial charge in [0.25, 0.3) is 0 Å². The van der Waals surface area contributed by atoms with Crippen LogP contribution in [0.2, 0.25) is 0 Å². The van der Waals surface area contributed by atoms with E-state index in [9.17, 15) is 0 Å². The lowest BCUT2D eigenvalue weighted by molar-refractivity contribution is -0.0310. The molecule has 1 saturated carbocycles. The van der Waals surface area contributed by atoms with Crippen molar-refractivity contribution in [2.75, 3.05) is 33.0 Å². The average Bonchev–Trinajstić information content (AvgIpc) is 2.15.